The Labute approximate surface area is 132 Å². The van der Waals surface area contributed by atoms with Gasteiger partial charge in [-0.1, -0.05) is 28.2 Å². The van der Waals surface area contributed by atoms with E-state index in [1.54, 1.807) is 0 Å². The number of ketones is 1. The molecule has 0 bridgehead atoms. The third kappa shape index (κ3) is 12.3. The predicted octanol–water partition coefficient (Wildman–Crippen LogP) is 3.30. The second-order valence-corrected chi connectivity index (χ2v) is 5.70. The van der Waals surface area contributed by atoms with Crippen molar-refractivity contribution in [3.63, 3.8) is 0 Å². The van der Waals surface area contributed by atoms with E-state index >= 15 is 0 Å². The van der Waals surface area contributed by atoms with Crippen LogP contribution in [-0.2, 0) is 37.5 Å². The summed E-state index contributed by atoms with van der Waals surface area (Å²) in [6.45, 7) is 17.2. The van der Waals surface area contributed by atoms with E-state index in [9.17, 15) is 4.79 Å². The van der Waals surface area contributed by atoms with Gasteiger partial charge in [-0.25, -0.2) is 0 Å². The maximum absolute atomic E-state index is 11.5. The monoisotopic (exact) mass is 312 g/mol. The summed E-state index contributed by atoms with van der Waals surface area (Å²) in [6, 6.07) is 0. The van der Waals surface area contributed by atoms with Crippen LogP contribution >= 0.6 is 0 Å². The third-order valence-corrected chi connectivity index (χ3v) is 1.56. The molecule has 0 aromatic rings. The van der Waals surface area contributed by atoms with E-state index in [0.29, 0.717) is 5.70 Å². The molecular weight excluding hydrogens is 287 g/mol. The van der Waals surface area contributed by atoms with E-state index in [2.05, 4.69) is 11.4 Å². The molecule has 1 N–H and O–H groups in total. The Kier molecular flexibility index (Phi) is 10.7. The fourth-order valence-corrected chi connectivity index (χ4v) is 0.829. The number of hydrogen-bond acceptors (Lipinski definition) is 2. The standard InChI is InChI=1S/C13H21NO.CH4.Y/c1-10(14-13(5,6)7)8-9-11(15)12(2,3)4;;/h1,8,14H,2-7H3;1H4;/q-2;;. The van der Waals surface area contributed by atoms with Gasteiger partial charge < -0.3 is 28.8 Å². The normalized spacial score (nSPS) is 11.4. The van der Waals surface area contributed by atoms with Crippen molar-refractivity contribution in [1.29, 1.82) is 0 Å². The molecule has 3 heteroatoms. The average molecular weight is 312 g/mol. The van der Waals surface area contributed by atoms with Gasteiger partial charge in [-0.3, -0.25) is 5.70 Å². The summed E-state index contributed by atoms with van der Waals surface area (Å²) in [7, 11) is 0. The van der Waals surface area contributed by atoms with Gasteiger partial charge in [0, 0.05) is 43.7 Å². The van der Waals surface area contributed by atoms with Crippen molar-refractivity contribution in [2.45, 2.75) is 54.5 Å². The summed E-state index contributed by atoms with van der Waals surface area (Å²) >= 11 is 0. The molecule has 0 aliphatic carbocycles. The van der Waals surface area contributed by atoms with E-state index in [1.807, 2.05) is 41.5 Å². The summed E-state index contributed by atoms with van der Waals surface area (Å²) in [6.07, 6.45) is 4.16. The van der Waals surface area contributed by atoms with Crippen molar-refractivity contribution in [2.75, 3.05) is 0 Å². The number of allylic oxidation sites excluding steroid dienone is 2. The van der Waals surface area contributed by atoms with Gasteiger partial charge in [0.15, 0.2) is 0 Å². The molecule has 0 aliphatic heterocycles. The summed E-state index contributed by atoms with van der Waals surface area (Å²) in [5, 5.41) is 3.05. The molecule has 2 nitrogen and oxygen atoms in total. The molecule has 0 unspecified atom stereocenters. The molecule has 0 atom stereocenters. The topological polar surface area (TPSA) is 29.1 Å². The molecule has 0 fully saturated rings. The molecule has 17 heavy (non-hydrogen) atoms. The van der Waals surface area contributed by atoms with Crippen LogP contribution in [0.3, 0.4) is 0 Å². The first kappa shape index (κ1) is 22.3. The van der Waals surface area contributed by atoms with E-state index in [4.69, 9.17) is 6.58 Å². The number of carbonyl (C=O) groups excluding carboxylic acids is 1. The Morgan fingerprint density at radius 2 is 1.59 bits per heavy atom. The molecule has 0 amide bonds. The fourth-order valence-electron chi connectivity index (χ4n) is 0.829. The van der Waals surface area contributed by atoms with Crippen molar-refractivity contribution in [2.24, 2.45) is 5.41 Å². The van der Waals surface area contributed by atoms with Crippen LogP contribution in [0.25, 0.3) is 0 Å². The number of rotatable bonds is 3. The molecule has 0 aromatic heterocycles. The molecule has 0 heterocycles. The van der Waals surface area contributed by atoms with Crippen LogP contribution in [0.5, 0.6) is 0 Å². The van der Waals surface area contributed by atoms with Crippen molar-refractivity contribution < 1.29 is 37.5 Å². The van der Waals surface area contributed by atoms with Crippen LogP contribution in [-0.4, -0.2) is 11.3 Å². The van der Waals surface area contributed by atoms with Gasteiger partial charge >= 0.3 is 0 Å². The molecule has 0 aromatic carbocycles. The second kappa shape index (κ2) is 8.21. The van der Waals surface area contributed by atoms with Gasteiger partial charge in [-0.15, -0.1) is 0 Å². The summed E-state index contributed by atoms with van der Waals surface area (Å²) in [5.74, 6) is -0.0545. The van der Waals surface area contributed by atoms with Gasteiger partial charge in [0.1, 0.15) is 0 Å². The zero-order valence-electron chi connectivity index (χ0n) is 11.1. The van der Waals surface area contributed by atoms with Gasteiger partial charge in [-0.05, 0) is 20.8 Å². The van der Waals surface area contributed by atoms with Crippen LogP contribution in [0.4, 0.5) is 0 Å². The summed E-state index contributed by atoms with van der Waals surface area (Å²) < 4.78 is 0. The van der Waals surface area contributed by atoms with Crippen LogP contribution < -0.4 is 5.32 Å². The van der Waals surface area contributed by atoms with Crippen LogP contribution in [0.15, 0.2) is 11.8 Å². The van der Waals surface area contributed by atoms with Gasteiger partial charge in [0.05, 0.1) is 5.78 Å². The van der Waals surface area contributed by atoms with Gasteiger partial charge in [0.25, 0.3) is 0 Å². The van der Waals surface area contributed by atoms with Crippen LogP contribution in [0.2, 0.25) is 0 Å². The number of nitrogens with one attached hydrogen (secondary N) is 1. The minimum Gasteiger partial charge on any atom is -0.492 e. The van der Waals surface area contributed by atoms with Crippen LogP contribution in [0.1, 0.15) is 49.0 Å². The van der Waals surface area contributed by atoms with Gasteiger partial charge in [-0.2, -0.15) is 0 Å². The fraction of sp³-hybridized carbons (Fsp3) is 0.643. The summed E-state index contributed by atoms with van der Waals surface area (Å²) in [5.41, 5.74) is -0.0500. The van der Waals surface area contributed by atoms with Gasteiger partial charge in [0.2, 0.25) is 0 Å². The molecule has 0 rings (SSSR count). The molecular formula is C14H25NOY-2. The maximum atomic E-state index is 11.5. The summed E-state index contributed by atoms with van der Waals surface area (Å²) in [4.78, 5) is 11.5. The van der Waals surface area contributed by atoms with Crippen molar-refractivity contribution in [1.82, 2.24) is 5.32 Å². The minimum absolute atomic E-state index is 0. The largest absolute Gasteiger partial charge is 0.492 e. The molecule has 0 saturated carbocycles. The van der Waals surface area contributed by atoms with Crippen LogP contribution in [0, 0.1) is 18.1 Å². The molecule has 0 saturated heterocycles. The quantitative estimate of drug-likeness (QED) is 0.492. The Hall–Kier alpha value is 0.0539. The van der Waals surface area contributed by atoms with Crippen molar-refractivity contribution in [3.8, 4) is 0 Å². The predicted molar refractivity (Wildman–Crippen MR) is 69.7 cm³/mol. The van der Waals surface area contributed by atoms with E-state index in [0.717, 1.165) is 0 Å². The van der Waals surface area contributed by atoms with Crippen molar-refractivity contribution in [3.05, 3.63) is 24.4 Å². The Bertz CT molecular complexity index is 280. The SMILES string of the molecule is C.[CH-]=C(C=[C-]C(=O)C(C)(C)C)NC(C)(C)C.[Y]. The zero-order valence-corrected chi connectivity index (χ0v) is 14.0. The second-order valence-electron chi connectivity index (χ2n) is 5.70. The zero-order chi connectivity index (χ0) is 12.3. The third-order valence-electron chi connectivity index (χ3n) is 1.56. The molecule has 0 spiro atoms. The smallest absolute Gasteiger partial charge is 0.0543 e. The maximum Gasteiger partial charge on any atom is 0.0543 e. The van der Waals surface area contributed by atoms with E-state index < -0.39 is 5.41 Å². The molecule has 0 aliphatic rings. The Morgan fingerprint density at radius 1 is 1.18 bits per heavy atom. The first-order valence-corrected chi connectivity index (χ1v) is 5.07. The number of hydrogen-bond donors (Lipinski definition) is 1. The number of carbonyl (C=O) groups is 1. The number of Topliss-reactive ketones (excluding diaryl/α,β-unsaturated/α-hetero) is 1. The molecule has 1 radical (unpaired) electrons. The van der Waals surface area contributed by atoms with Crippen molar-refractivity contribution >= 4 is 5.78 Å². The first-order valence-electron chi connectivity index (χ1n) is 5.07. The average Bonchev–Trinajstić information content (AvgIpc) is 1.94. The van der Waals surface area contributed by atoms with E-state index in [-0.39, 0.29) is 51.5 Å². The Morgan fingerprint density at radius 3 is 1.88 bits per heavy atom. The van der Waals surface area contributed by atoms with E-state index in [1.165, 1.54) is 6.08 Å². The Balaban J connectivity index is -0.000000980. The first-order chi connectivity index (χ1) is 6.52. The molecule has 97 valence electrons. The minimum atomic E-state index is -0.404.